The number of thioether (sulfide) groups is 1. The lowest BCUT2D eigenvalue weighted by Gasteiger charge is -2.40. The van der Waals surface area contributed by atoms with Crippen LogP contribution < -0.4 is 5.73 Å². The second-order valence-electron chi connectivity index (χ2n) is 4.93. The van der Waals surface area contributed by atoms with Gasteiger partial charge >= 0.3 is 0 Å². The van der Waals surface area contributed by atoms with Crippen LogP contribution in [-0.4, -0.2) is 34.0 Å². The van der Waals surface area contributed by atoms with E-state index < -0.39 is 0 Å². The molecule has 1 aromatic carbocycles. The van der Waals surface area contributed by atoms with Crippen LogP contribution in [-0.2, 0) is 6.54 Å². The van der Waals surface area contributed by atoms with Gasteiger partial charge in [0.2, 0.25) is 0 Å². The molecule has 0 unspecified atom stereocenters. The number of halogens is 1. The molecule has 0 saturated carbocycles. The maximum atomic E-state index is 5.92. The van der Waals surface area contributed by atoms with E-state index in [1.807, 2.05) is 11.8 Å². The highest BCUT2D eigenvalue weighted by molar-refractivity contribution is 9.10. The van der Waals surface area contributed by atoms with Crippen LogP contribution in [0.25, 0.3) is 0 Å². The van der Waals surface area contributed by atoms with Crippen molar-refractivity contribution in [2.24, 2.45) is 5.73 Å². The Hall–Kier alpha value is -0.100. The summed E-state index contributed by atoms with van der Waals surface area (Å²) in [7, 11) is 0. The van der Waals surface area contributed by atoms with Crippen molar-refractivity contribution in [2.45, 2.75) is 24.1 Å². The molecule has 0 radical (unpaired) electrons. The predicted octanol–water partition coefficient (Wildman–Crippen LogP) is 3.43. The van der Waals surface area contributed by atoms with Gasteiger partial charge in [-0.05, 0) is 30.7 Å². The quantitative estimate of drug-likeness (QED) is 0.834. The third-order valence-electron chi connectivity index (χ3n) is 3.86. The molecule has 1 heterocycles. The van der Waals surface area contributed by atoms with Crippen molar-refractivity contribution in [1.29, 1.82) is 0 Å². The van der Waals surface area contributed by atoms with E-state index in [9.17, 15) is 0 Å². The van der Waals surface area contributed by atoms with Crippen LogP contribution in [0.15, 0.2) is 28.7 Å². The van der Waals surface area contributed by atoms with Crippen LogP contribution in [0, 0.1) is 0 Å². The number of nitrogens with zero attached hydrogens (tertiary/aromatic N) is 1. The summed E-state index contributed by atoms with van der Waals surface area (Å²) in [5, 5.41) is 0. The molecule has 0 aromatic heterocycles. The molecule has 19 heavy (non-hydrogen) atoms. The average molecular weight is 359 g/mol. The van der Waals surface area contributed by atoms with Gasteiger partial charge in [-0.15, -0.1) is 0 Å². The lowest BCUT2D eigenvalue weighted by molar-refractivity contribution is 0.212. The first-order valence-electron chi connectivity index (χ1n) is 6.38. The Labute approximate surface area is 133 Å². The van der Waals surface area contributed by atoms with Crippen molar-refractivity contribution in [3.05, 3.63) is 34.3 Å². The summed E-state index contributed by atoms with van der Waals surface area (Å²) in [4.78, 5) is 3.15. The van der Waals surface area contributed by atoms with Crippen LogP contribution in [0.1, 0.15) is 18.4 Å². The first-order valence-corrected chi connectivity index (χ1v) is 8.81. The molecule has 0 atom stereocenters. The number of rotatable bonds is 4. The zero-order chi connectivity index (χ0) is 13.9. The first-order chi connectivity index (χ1) is 9.07. The van der Waals surface area contributed by atoms with Crippen LogP contribution in [0.5, 0.6) is 0 Å². The van der Waals surface area contributed by atoms with Crippen LogP contribution in [0.2, 0.25) is 0 Å². The van der Waals surface area contributed by atoms with Crippen molar-refractivity contribution >= 4 is 44.9 Å². The zero-order valence-electron chi connectivity index (χ0n) is 11.1. The van der Waals surface area contributed by atoms with Crippen molar-refractivity contribution in [1.82, 2.24) is 4.90 Å². The Kier molecular flexibility index (Phi) is 5.29. The number of piperidine rings is 1. The number of benzene rings is 1. The molecule has 1 saturated heterocycles. The third-order valence-corrected chi connectivity index (χ3v) is 6.56. The van der Waals surface area contributed by atoms with E-state index in [-0.39, 0.29) is 4.75 Å². The first kappa shape index (κ1) is 15.3. The highest BCUT2D eigenvalue weighted by atomic mass is 79.9. The Bertz CT molecular complexity index is 457. The topological polar surface area (TPSA) is 29.3 Å². The van der Waals surface area contributed by atoms with Crippen LogP contribution in [0.3, 0.4) is 0 Å². The molecular formula is C14H19BrN2S2. The molecule has 0 bridgehead atoms. The zero-order valence-corrected chi connectivity index (χ0v) is 14.3. The Morgan fingerprint density at radius 3 is 2.58 bits per heavy atom. The fraction of sp³-hybridized carbons (Fsp3) is 0.500. The summed E-state index contributed by atoms with van der Waals surface area (Å²) in [6, 6.07) is 8.41. The predicted molar refractivity (Wildman–Crippen MR) is 91.7 cm³/mol. The molecule has 0 aliphatic carbocycles. The van der Waals surface area contributed by atoms with Crippen molar-refractivity contribution in [3.63, 3.8) is 0 Å². The average Bonchev–Trinajstić information content (AvgIpc) is 2.42. The number of nitrogens with two attached hydrogens (primary N) is 1. The van der Waals surface area contributed by atoms with Gasteiger partial charge in [-0.3, -0.25) is 4.90 Å². The van der Waals surface area contributed by atoms with Gasteiger partial charge in [-0.25, -0.2) is 0 Å². The van der Waals surface area contributed by atoms with Crippen LogP contribution >= 0.6 is 39.9 Å². The monoisotopic (exact) mass is 358 g/mol. The molecule has 1 aliphatic heterocycles. The summed E-state index contributed by atoms with van der Waals surface area (Å²) in [6.07, 6.45) is 4.21. The molecule has 2 rings (SSSR count). The minimum atomic E-state index is 0.0136. The molecule has 1 aliphatic rings. The van der Waals surface area contributed by atoms with Crippen LogP contribution in [0.4, 0.5) is 0 Å². The van der Waals surface area contributed by atoms with E-state index in [0.29, 0.717) is 4.99 Å². The number of hydrogen-bond donors (Lipinski definition) is 1. The van der Waals surface area contributed by atoms with Gasteiger partial charge in [-0.1, -0.05) is 46.3 Å². The molecule has 104 valence electrons. The molecule has 0 spiro atoms. The normalized spacial score (nSPS) is 19.3. The molecule has 5 heteroatoms. The van der Waals surface area contributed by atoms with E-state index >= 15 is 0 Å². The van der Waals surface area contributed by atoms with Gasteiger partial charge < -0.3 is 5.73 Å². The minimum Gasteiger partial charge on any atom is -0.392 e. The summed E-state index contributed by atoms with van der Waals surface area (Å²) in [5.74, 6) is 0. The minimum absolute atomic E-state index is 0.0136. The third kappa shape index (κ3) is 3.51. The lowest BCUT2D eigenvalue weighted by Crippen LogP contribution is -2.48. The summed E-state index contributed by atoms with van der Waals surface area (Å²) < 4.78 is 1.20. The Morgan fingerprint density at radius 2 is 2.05 bits per heavy atom. The van der Waals surface area contributed by atoms with E-state index in [1.165, 1.54) is 10.0 Å². The van der Waals surface area contributed by atoms with Crippen molar-refractivity contribution in [3.8, 4) is 0 Å². The number of thiocarbonyl (C=S) groups is 1. The number of hydrogen-bond acceptors (Lipinski definition) is 3. The maximum absolute atomic E-state index is 5.92. The molecule has 1 fully saturated rings. The smallest absolute Gasteiger partial charge is 0.0891 e. The highest BCUT2D eigenvalue weighted by Crippen LogP contribution is 2.35. The van der Waals surface area contributed by atoms with E-state index in [4.69, 9.17) is 18.0 Å². The standard InChI is InChI=1S/C14H19BrN2S2/c1-19-14(13(16)18)6-8-17(9-7-14)10-11-4-2-3-5-12(11)15/h2-5H,6-10H2,1H3,(H2,16,18). The Balaban J connectivity index is 1.97. The van der Waals surface area contributed by atoms with E-state index in [0.717, 1.165) is 32.5 Å². The maximum Gasteiger partial charge on any atom is 0.0891 e. The van der Waals surface area contributed by atoms with Crippen molar-refractivity contribution < 1.29 is 0 Å². The molecule has 2 nitrogen and oxygen atoms in total. The number of likely N-dealkylation sites (tertiary alicyclic amines) is 1. The molecule has 0 amide bonds. The molecule has 2 N–H and O–H groups in total. The van der Waals surface area contributed by atoms with Gasteiger partial charge in [-0.2, -0.15) is 11.8 Å². The van der Waals surface area contributed by atoms with Gasteiger partial charge in [0, 0.05) is 24.1 Å². The fourth-order valence-electron chi connectivity index (χ4n) is 2.49. The summed E-state index contributed by atoms with van der Waals surface area (Å²) >= 11 is 10.7. The summed E-state index contributed by atoms with van der Waals surface area (Å²) in [6.45, 7) is 3.10. The fourth-order valence-corrected chi connectivity index (χ4v) is 4.15. The summed E-state index contributed by atoms with van der Waals surface area (Å²) in [5.41, 5.74) is 7.26. The second kappa shape index (κ2) is 6.57. The highest BCUT2D eigenvalue weighted by Gasteiger charge is 2.36. The van der Waals surface area contributed by atoms with E-state index in [2.05, 4.69) is 51.4 Å². The van der Waals surface area contributed by atoms with Gasteiger partial charge in [0.1, 0.15) is 0 Å². The second-order valence-corrected chi connectivity index (χ2v) is 7.41. The largest absolute Gasteiger partial charge is 0.392 e. The van der Waals surface area contributed by atoms with Gasteiger partial charge in [0.15, 0.2) is 0 Å². The lowest BCUT2D eigenvalue weighted by atomic mass is 9.95. The van der Waals surface area contributed by atoms with Gasteiger partial charge in [0.05, 0.1) is 9.74 Å². The van der Waals surface area contributed by atoms with E-state index in [1.54, 1.807) is 0 Å². The van der Waals surface area contributed by atoms with Gasteiger partial charge in [0.25, 0.3) is 0 Å². The molecule has 1 aromatic rings. The SMILES string of the molecule is CSC1(C(N)=S)CCN(Cc2ccccc2Br)CC1. The van der Waals surface area contributed by atoms with Crippen molar-refractivity contribution in [2.75, 3.05) is 19.3 Å². The Morgan fingerprint density at radius 1 is 1.42 bits per heavy atom. The molecular weight excluding hydrogens is 340 g/mol.